The van der Waals surface area contributed by atoms with Crippen molar-refractivity contribution in [2.75, 3.05) is 13.1 Å². The Hall–Kier alpha value is -2.34. The van der Waals surface area contributed by atoms with Gasteiger partial charge < -0.3 is 15.7 Å². The Morgan fingerprint density at radius 2 is 1.50 bits per heavy atom. The Bertz CT molecular complexity index is 1160. The average molecular weight is 598 g/mol. The van der Waals surface area contributed by atoms with E-state index in [0.717, 1.165) is 30.3 Å². The van der Waals surface area contributed by atoms with Gasteiger partial charge in [-0.3, -0.25) is 9.59 Å². The fourth-order valence-electron chi connectivity index (χ4n) is 2.77. The van der Waals surface area contributed by atoms with Gasteiger partial charge in [-0.25, -0.2) is 0 Å². The molecule has 2 amide bonds. The molecule has 0 saturated heterocycles. The molecule has 0 aliphatic rings. The number of benzene rings is 2. The normalized spacial score (nSPS) is 13.1. The molecule has 0 aromatic heterocycles. The predicted molar refractivity (Wildman–Crippen MR) is 124 cm³/mol. The first-order valence-corrected chi connectivity index (χ1v) is 11.0. The number of carbonyl (C=O) groups is 2. The lowest BCUT2D eigenvalue weighted by atomic mass is 9.96. The molecule has 5 nitrogen and oxygen atoms in total. The molecular weight excluding hydrogens is 584 g/mol. The molecule has 2 aromatic carbocycles. The molecule has 3 N–H and O–H groups in total. The van der Waals surface area contributed by atoms with E-state index in [1.807, 2.05) is 5.32 Å². The van der Waals surface area contributed by atoms with Gasteiger partial charge in [-0.05, 0) is 29.8 Å². The van der Waals surface area contributed by atoms with Crippen molar-refractivity contribution in [2.24, 2.45) is 0 Å². The van der Waals surface area contributed by atoms with Crippen LogP contribution in [0.4, 0.5) is 26.3 Å². The molecule has 196 valence electrons. The summed E-state index contributed by atoms with van der Waals surface area (Å²) >= 11 is 23.4. The third kappa shape index (κ3) is 8.36. The number of hydrogen-bond acceptors (Lipinski definition) is 3. The molecule has 36 heavy (non-hydrogen) atoms. The molecule has 15 heteroatoms. The molecular formula is C21H14Cl4F6N2O3. The van der Waals surface area contributed by atoms with Crippen LogP contribution in [-0.4, -0.2) is 42.4 Å². The van der Waals surface area contributed by atoms with Gasteiger partial charge in [0.1, 0.15) is 12.3 Å². The number of phenolic OH excluding ortho intramolecular Hbond substituents is 1. The first-order valence-electron chi connectivity index (χ1n) is 9.53. The highest BCUT2D eigenvalue weighted by atomic mass is 35.5. The quantitative estimate of drug-likeness (QED) is 0.243. The first kappa shape index (κ1) is 29.9. The van der Waals surface area contributed by atoms with Crippen molar-refractivity contribution in [3.05, 3.63) is 67.1 Å². The van der Waals surface area contributed by atoms with Crippen molar-refractivity contribution in [2.45, 2.75) is 18.3 Å². The summed E-state index contributed by atoms with van der Waals surface area (Å²) in [5.74, 6) is -5.01. The van der Waals surface area contributed by atoms with Crippen molar-refractivity contribution in [1.82, 2.24) is 10.6 Å². The van der Waals surface area contributed by atoms with Crippen LogP contribution < -0.4 is 10.6 Å². The summed E-state index contributed by atoms with van der Waals surface area (Å²) in [4.78, 5) is 23.6. The average Bonchev–Trinajstić information content (AvgIpc) is 2.75. The van der Waals surface area contributed by atoms with Crippen LogP contribution in [0.15, 0.2) is 30.3 Å². The molecule has 0 saturated carbocycles. The third-order valence-electron chi connectivity index (χ3n) is 4.44. The maximum Gasteiger partial charge on any atom is 0.405 e. The first-order chi connectivity index (χ1) is 16.5. The van der Waals surface area contributed by atoms with Gasteiger partial charge in [-0.1, -0.05) is 58.6 Å². The predicted octanol–water partition coefficient (Wildman–Crippen LogP) is 6.77. The zero-order valence-corrected chi connectivity index (χ0v) is 20.5. The summed E-state index contributed by atoms with van der Waals surface area (Å²) < 4.78 is 77.4. The van der Waals surface area contributed by atoms with Gasteiger partial charge in [-0.2, -0.15) is 26.3 Å². The van der Waals surface area contributed by atoms with Gasteiger partial charge in [0.25, 0.3) is 5.91 Å². The standard InChI is InChI=1S/C21H14Cl4F6N2O3/c22-13-3-9(1-2-12(21(29,30)31)10-4-14(23)18(25)15(24)5-10)16(34)6-11(13)19(36)32-7-17(35)33-8-20(26,27)28/h1-6,12,34H,7-8H2,(H,32,36)(H,33,35)/b2-1+. The van der Waals surface area contributed by atoms with E-state index in [9.17, 15) is 41.0 Å². The molecule has 2 aromatic rings. The number of alkyl halides is 6. The van der Waals surface area contributed by atoms with Gasteiger partial charge in [0.05, 0.1) is 38.1 Å². The zero-order chi connectivity index (χ0) is 27.4. The van der Waals surface area contributed by atoms with Gasteiger partial charge in [-0.15, -0.1) is 0 Å². The molecule has 0 spiro atoms. The molecule has 0 fully saturated rings. The largest absolute Gasteiger partial charge is 0.507 e. The van der Waals surface area contributed by atoms with Crippen LogP contribution >= 0.6 is 46.4 Å². The Balaban J connectivity index is 2.23. The number of hydrogen-bond donors (Lipinski definition) is 3. The van der Waals surface area contributed by atoms with Gasteiger partial charge in [0, 0.05) is 5.56 Å². The van der Waals surface area contributed by atoms with Crippen molar-refractivity contribution >= 4 is 64.3 Å². The van der Waals surface area contributed by atoms with E-state index in [-0.39, 0.29) is 36.8 Å². The van der Waals surface area contributed by atoms with Crippen LogP contribution in [0.3, 0.4) is 0 Å². The number of nitrogens with one attached hydrogen (secondary N) is 2. The van der Waals surface area contributed by atoms with E-state index < -0.39 is 48.9 Å². The summed E-state index contributed by atoms with van der Waals surface area (Å²) in [7, 11) is 0. The smallest absolute Gasteiger partial charge is 0.405 e. The minimum absolute atomic E-state index is 0.122. The molecule has 0 radical (unpaired) electrons. The molecule has 2 rings (SSSR count). The SMILES string of the molecule is O=C(CNC(=O)c1cc(O)c(/C=C/C(c2cc(Cl)c(Cl)c(Cl)c2)C(F)(F)F)cc1Cl)NCC(F)(F)F. The van der Waals surface area contributed by atoms with Crippen molar-refractivity contribution in [3.8, 4) is 5.75 Å². The summed E-state index contributed by atoms with van der Waals surface area (Å²) in [5, 5.41) is 12.9. The maximum absolute atomic E-state index is 13.7. The molecule has 0 aliphatic heterocycles. The number of halogens is 10. The number of rotatable bonds is 7. The number of aromatic hydroxyl groups is 1. The zero-order valence-electron chi connectivity index (χ0n) is 17.5. The van der Waals surface area contributed by atoms with Gasteiger partial charge >= 0.3 is 12.4 Å². The van der Waals surface area contributed by atoms with E-state index in [1.54, 1.807) is 5.32 Å². The van der Waals surface area contributed by atoms with E-state index >= 15 is 0 Å². The van der Waals surface area contributed by atoms with E-state index in [4.69, 9.17) is 46.4 Å². The molecule has 0 aliphatic carbocycles. The fourth-order valence-corrected chi connectivity index (χ4v) is 3.64. The summed E-state index contributed by atoms with van der Waals surface area (Å²) in [6.07, 6.45) is -7.83. The number of phenols is 1. The highest BCUT2D eigenvalue weighted by molar-refractivity contribution is 6.48. The van der Waals surface area contributed by atoms with E-state index in [1.165, 1.54) is 0 Å². The second-order valence-electron chi connectivity index (χ2n) is 7.14. The lowest BCUT2D eigenvalue weighted by molar-refractivity contribution is -0.139. The highest BCUT2D eigenvalue weighted by Crippen LogP contribution is 2.41. The number of carbonyl (C=O) groups excluding carboxylic acids is 2. The van der Waals surface area contributed by atoms with Gasteiger partial charge in [0.15, 0.2) is 0 Å². The lowest BCUT2D eigenvalue weighted by Gasteiger charge is -2.18. The Labute approximate surface area is 220 Å². The molecule has 1 atom stereocenters. The van der Waals surface area contributed by atoms with Crippen molar-refractivity contribution in [3.63, 3.8) is 0 Å². The Kier molecular flexibility index (Phi) is 9.80. The minimum Gasteiger partial charge on any atom is -0.507 e. The minimum atomic E-state index is -4.79. The van der Waals surface area contributed by atoms with Crippen LogP contribution in [0.5, 0.6) is 5.75 Å². The number of allylic oxidation sites excluding steroid dienone is 1. The fraction of sp³-hybridized carbons (Fsp3) is 0.238. The van der Waals surface area contributed by atoms with Crippen LogP contribution in [0.25, 0.3) is 6.08 Å². The second-order valence-corrected chi connectivity index (χ2v) is 8.74. The van der Waals surface area contributed by atoms with E-state index in [2.05, 4.69) is 0 Å². The topological polar surface area (TPSA) is 78.4 Å². The molecule has 0 bridgehead atoms. The summed E-state index contributed by atoms with van der Waals surface area (Å²) in [6, 6.07) is 3.79. The van der Waals surface area contributed by atoms with E-state index in [0.29, 0.717) is 6.08 Å². The van der Waals surface area contributed by atoms with Crippen LogP contribution in [0.1, 0.15) is 27.4 Å². The third-order valence-corrected chi connectivity index (χ3v) is 5.95. The van der Waals surface area contributed by atoms with Crippen molar-refractivity contribution < 1.29 is 41.0 Å². The summed E-state index contributed by atoms with van der Waals surface area (Å²) in [5.41, 5.74) is -0.901. The molecule has 0 heterocycles. The Morgan fingerprint density at radius 3 is 2.03 bits per heavy atom. The van der Waals surface area contributed by atoms with Crippen LogP contribution in [0, 0.1) is 0 Å². The van der Waals surface area contributed by atoms with Crippen LogP contribution in [-0.2, 0) is 4.79 Å². The summed E-state index contributed by atoms with van der Waals surface area (Å²) in [6.45, 7) is -2.43. The number of amides is 2. The van der Waals surface area contributed by atoms with Gasteiger partial charge in [0.2, 0.25) is 5.91 Å². The highest BCUT2D eigenvalue weighted by Gasteiger charge is 2.39. The van der Waals surface area contributed by atoms with Crippen LogP contribution in [0.2, 0.25) is 20.1 Å². The monoisotopic (exact) mass is 596 g/mol. The van der Waals surface area contributed by atoms with Crippen molar-refractivity contribution in [1.29, 1.82) is 0 Å². The molecule has 1 unspecified atom stereocenters. The lowest BCUT2D eigenvalue weighted by Crippen LogP contribution is -2.40. The Morgan fingerprint density at radius 1 is 0.917 bits per heavy atom. The second kappa shape index (κ2) is 11.8. The maximum atomic E-state index is 13.7.